The molecule has 0 spiro atoms. The van der Waals surface area contributed by atoms with Crippen LogP contribution in [0, 0.1) is 0 Å². The van der Waals surface area contributed by atoms with Gasteiger partial charge in [0, 0.05) is 18.9 Å². The molecular formula is C7H13F2NO2. The Morgan fingerprint density at radius 1 is 1.58 bits per heavy atom. The maximum absolute atomic E-state index is 12.4. The van der Waals surface area contributed by atoms with Crippen LogP contribution in [0.3, 0.4) is 0 Å². The van der Waals surface area contributed by atoms with Gasteiger partial charge < -0.3 is 10.8 Å². The molecule has 0 saturated heterocycles. The van der Waals surface area contributed by atoms with Crippen molar-refractivity contribution in [3.05, 3.63) is 0 Å². The highest BCUT2D eigenvalue weighted by molar-refractivity contribution is 5.32. The van der Waals surface area contributed by atoms with E-state index in [4.69, 9.17) is 15.6 Å². The lowest BCUT2D eigenvalue weighted by molar-refractivity contribution is -0.122. The predicted molar refractivity (Wildman–Crippen MR) is 40.1 cm³/mol. The van der Waals surface area contributed by atoms with Crippen LogP contribution in [0.4, 0.5) is 8.78 Å². The number of nitrogens with two attached hydrogens (primary N) is 1. The molecule has 72 valence electrons. The molecule has 1 aliphatic carbocycles. The van der Waals surface area contributed by atoms with Crippen LogP contribution in [-0.2, 0) is 4.79 Å². The standard InChI is InChI=1S/C6H11F2N.CH2O2/c7-6(8)3-1-2-5(9)4-6;2-1-3/h5H,1-4,9H2;1H,(H,2,3). The van der Waals surface area contributed by atoms with E-state index in [-0.39, 0.29) is 25.4 Å². The molecule has 1 atom stereocenters. The van der Waals surface area contributed by atoms with E-state index in [0.717, 1.165) is 6.42 Å². The number of hydrogen-bond acceptors (Lipinski definition) is 2. The van der Waals surface area contributed by atoms with Crippen molar-refractivity contribution in [2.75, 3.05) is 0 Å². The van der Waals surface area contributed by atoms with Gasteiger partial charge in [0.25, 0.3) is 6.47 Å². The smallest absolute Gasteiger partial charge is 0.290 e. The minimum absolute atomic E-state index is 0.0285. The van der Waals surface area contributed by atoms with E-state index < -0.39 is 5.92 Å². The maximum Gasteiger partial charge on any atom is 0.290 e. The van der Waals surface area contributed by atoms with Crippen molar-refractivity contribution in [3.8, 4) is 0 Å². The zero-order chi connectivity index (χ0) is 9.61. The number of carbonyl (C=O) groups is 1. The molecule has 1 fully saturated rings. The summed E-state index contributed by atoms with van der Waals surface area (Å²) in [6, 6.07) is -0.270. The highest BCUT2D eigenvalue weighted by Crippen LogP contribution is 2.31. The molecule has 1 aliphatic rings. The fourth-order valence-electron chi connectivity index (χ4n) is 1.21. The van der Waals surface area contributed by atoms with E-state index in [9.17, 15) is 8.78 Å². The minimum atomic E-state index is -2.47. The summed E-state index contributed by atoms with van der Waals surface area (Å²) in [6.07, 6.45) is 1.25. The van der Waals surface area contributed by atoms with Crippen LogP contribution in [0.25, 0.3) is 0 Å². The third-order valence-electron chi connectivity index (χ3n) is 1.68. The van der Waals surface area contributed by atoms with Crippen LogP contribution in [0.1, 0.15) is 25.7 Å². The van der Waals surface area contributed by atoms with Gasteiger partial charge in [0.2, 0.25) is 5.92 Å². The summed E-state index contributed by atoms with van der Waals surface area (Å²) in [5.41, 5.74) is 5.33. The van der Waals surface area contributed by atoms with Gasteiger partial charge in [0.05, 0.1) is 0 Å². The van der Waals surface area contributed by atoms with Gasteiger partial charge in [-0.25, -0.2) is 8.78 Å². The first kappa shape index (κ1) is 11.3. The van der Waals surface area contributed by atoms with Gasteiger partial charge in [0.1, 0.15) is 0 Å². The van der Waals surface area contributed by atoms with E-state index in [1.54, 1.807) is 0 Å². The van der Waals surface area contributed by atoms with Gasteiger partial charge in [-0.1, -0.05) is 0 Å². The summed E-state index contributed by atoms with van der Waals surface area (Å²) in [5, 5.41) is 6.89. The predicted octanol–water partition coefficient (Wildman–Crippen LogP) is 1.22. The summed E-state index contributed by atoms with van der Waals surface area (Å²) in [5.74, 6) is -2.47. The third kappa shape index (κ3) is 5.01. The molecule has 0 heterocycles. The molecule has 12 heavy (non-hydrogen) atoms. The zero-order valence-electron chi connectivity index (χ0n) is 6.67. The molecule has 0 amide bonds. The van der Waals surface area contributed by atoms with Gasteiger partial charge in [-0.3, -0.25) is 4.79 Å². The lowest BCUT2D eigenvalue weighted by Crippen LogP contribution is -2.34. The topological polar surface area (TPSA) is 63.3 Å². The van der Waals surface area contributed by atoms with Crippen LogP contribution in [-0.4, -0.2) is 23.5 Å². The Morgan fingerprint density at radius 3 is 2.33 bits per heavy atom. The first-order chi connectivity index (χ1) is 5.52. The third-order valence-corrected chi connectivity index (χ3v) is 1.68. The Bertz CT molecular complexity index is 141. The molecular weight excluding hydrogens is 168 g/mol. The van der Waals surface area contributed by atoms with E-state index >= 15 is 0 Å². The highest BCUT2D eigenvalue weighted by atomic mass is 19.3. The largest absolute Gasteiger partial charge is 0.483 e. The molecule has 3 N–H and O–H groups in total. The molecule has 3 nitrogen and oxygen atoms in total. The fraction of sp³-hybridized carbons (Fsp3) is 0.857. The zero-order valence-corrected chi connectivity index (χ0v) is 6.67. The normalized spacial score (nSPS) is 26.8. The van der Waals surface area contributed by atoms with Crippen molar-refractivity contribution < 1.29 is 18.7 Å². The van der Waals surface area contributed by atoms with Gasteiger partial charge in [-0.2, -0.15) is 0 Å². The van der Waals surface area contributed by atoms with Gasteiger partial charge in [-0.15, -0.1) is 0 Å². The van der Waals surface area contributed by atoms with Gasteiger partial charge in [0.15, 0.2) is 0 Å². The van der Waals surface area contributed by atoms with Crippen LogP contribution in [0.5, 0.6) is 0 Å². The monoisotopic (exact) mass is 181 g/mol. The van der Waals surface area contributed by atoms with Crippen LogP contribution in [0.15, 0.2) is 0 Å². The van der Waals surface area contributed by atoms with Crippen molar-refractivity contribution in [2.24, 2.45) is 5.73 Å². The Morgan fingerprint density at radius 2 is 2.08 bits per heavy atom. The van der Waals surface area contributed by atoms with Crippen molar-refractivity contribution in [3.63, 3.8) is 0 Å². The second-order valence-corrected chi connectivity index (χ2v) is 2.82. The van der Waals surface area contributed by atoms with Gasteiger partial charge in [-0.05, 0) is 12.8 Å². The molecule has 0 aliphatic heterocycles. The van der Waals surface area contributed by atoms with Crippen molar-refractivity contribution in [1.82, 2.24) is 0 Å². The Kier molecular flexibility index (Phi) is 4.73. The summed E-state index contributed by atoms with van der Waals surface area (Å²) < 4.78 is 24.7. The molecule has 1 rings (SSSR count). The highest BCUT2D eigenvalue weighted by Gasteiger charge is 2.34. The van der Waals surface area contributed by atoms with Crippen molar-refractivity contribution in [1.29, 1.82) is 0 Å². The van der Waals surface area contributed by atoms with E-state index in [2.05, 4.69) is 0 Å². The molecule has 1 saturated carbocycles. The SMILES string of the molecule is NC1CCCC(F)(F)C1.O=CO. The summed E-state index contributed by atoms with van der Waals surface area (Å²) in [6.45, 7) is -0.250. The Labute approximate surface area is 69.6 Å². The van der Waals surface area contributed by atoms with Crippen LogP contribution >= 0.6 is 0 Å². The Balaban J connectivity index is 0.000000354. The van der Waals surface area contributed by atoms with Crippen LogP contribution in [0.2, 0.25) is 0 Å². The molecule has 1 unspecified atom stereocenters. The second-order valence-electron chi connectivity index (χ2n) is 2.82. The van der Waals surface area contributed by atoms with Gasteiger partial charge >= 0.3 is 0 Å². The number of carboxylic acid groups (broad SMARTS) is 1. The lowest BCUT2D eigenvalue weighted by Gasteiger charge is -2.25. The number of alkyl halides is 2. The summed E-state index contributed by atoms with van der Waals surface area (Å²) in [4.78, 5) is 8.36. The van der Waals surface area contributed by atoms with E-state index in [1.807, 2.05) is 0 Å². The molecule has 0 bridgehead atoms. The summed E-state index contributed by atoms with van der Waals surface area (Å²) in [7, 11) is 0. The summed E-state index contributed by atoms with van der Waals surface area (Å²) >= 11 is 0. The second kappa shape index (κ2) is 5.03. The molecule has 0 aromatic rings. The Hall–Kier alpha value is -0.710. The maximum atomic E-state index is 12.4. The first-order valence-electron chi connectivity index (χ1n) is 3.73. The van der Waals surface area contributed by atoms with E-state index in [0.29, 0.717) is 6.42 Å². The molecule has 0 aromatic carbocycles. The minimum Gasteiger partial charge on any atom is -0.483 e. The average Bonchev–Trinajstić information content (AvgIpc) is 1.85. The first-order valence-corrected chi connectivity index (χ1v) is 3.73. The quantitative estimate of drug-likeness (QED) is 0.552. The van der Waals surface area contributed by atoms with E-state index in [1.165, 1.54) is 0 Å². The lowest BCUT2D eigenvalue weighted by atomic mass is 9.93. The number of hydrogen-bond donors (Lipinski definition) is 2. The number of halogens is 2. The van der Waals surface area contributed by atoms with Crippen molar-refractivity contribution in [2.45, 2.75) is 37.6 Å². The molecule has 0 aromatic heterocycles. The average molecular weight is 181 g/mol. The van der Waals surface area contributed by atoms with Crippen molar-refractivity contribution >= 4 is 6.47 Å². The molecule has 5 heteroatoms. The fourth-order valence-corrected chi connectivity index (χ4v) is 1.21. The molecule has 0 radical (unpaired) electrons. The number of rotatable bonds is 0. The van der Waals surface area contributed by atoms with Crippen LogP contribution < -0.4 is 5.73 Å².